The Morgan fingerprint density at radius 3 is 2.85 bits per heavy atom. The third-order valence-corrected chi connectivity index (χ3v) is 5.78. The first kappa shape index (κ1) is 17.9. The molecule has 7 heteroatoms. The van der Waals surface area contributed by atoms with Gasteiger partial charge in [-0.25, -0.2) is 4.98 Å². The zero-order chi connectivity index (χ0) is 19.2. The molecule has 2 aromatic heterocycles. The zero-order valence-corrected chi connectivity index (χ0v) is 16.2. The summed E-state index contributed by atoms with van der Waals surface area (Å²) in [4.78, 5) is 33.5. The number of hydrogen-bond donors (Lipinski definition) is 1. The molecule has 0 radical (unpaired) electrons. The van der Waals surface area contributed by atoms with Gasteiger partial charge in [-0.05, 0) is 45.7 Å². The van der Waals surface area contributed by atoms with Gasteiger partial charge < -0.3 is 9.80 Å². The van der Waals surface area contributed by atoms with E-state index in [0.29, 0.717) is 19.5 Å². The molecule has 0 unspecified atom stereocenters. The van der Waals surface area contributed by atoms with Crippen molar-refractivity contribution in [3.05, 3.63) is 24.0 Å². The Hall–Kier alpha value is -2.44. The van der Waals surface area contributed by atoms with Gasteiger partial charge in [-0.2, -0.15) is 5.10 Å². The number of H-pyrrole nitrogens is 1. The average molecular weight is 369 g/mol. The van der Waals surface area contributed by atoms with E-state index in [0.717, 1.165) is 36.1 Å². The minimum atomic E-state index is -0.238. The molecule has 2 aliphatic rings. The molecule has 4 rings (SSSR count). The first-order valence-corrected chi connectivity index (χ1v) is 9.73. The zero-order valence-electron chi connectivity index (χ0n) is 16.2. The molecule has 1 N–H and O–H groups in total. The lowest BCUT2D eigenvalue weighted by Gasteiger charge is -2.35. The number of likely N-dealkylation sites (tertiary alicyclic amines) is 2. The second-order valence-corrected chi connectivity index (χ2v) is 8.71. The summed E-state index contributed by atoms with van der Waals surface area (Å²) in [5, 5.41) is 8.46. The summed E-state index contributed by atoms with van der Waals surface area (Å²) >= 11 is 0. The number of fused-ring (bicyclic) bond motifs is 1. The van der Waals surface area contributed by atoms with Gasteiger partial charge in [0.05, 0.1) is 5.92 Å². The maximum atomic E-state index is 13.1. The molecular weight excluding hydrogens is 342 g/mol. The number of pyridine rings is 1. The first-order chi connectivity index (χ1) is 12.8. The highest BCUT2D eigenvalue weighted by Gasteiger charge is 2.41. The van der Waals surface area contributed by atoms with Crippen molar-refractivity contribution in [3.63, 3.8) is 0 Å². The van der Waals surface area contributed by atoms with E-state index < -0.39 is 0 Å². The Kier molecular flexibility index (Phi) is 4.40. The van der Waals surface area contributed by atoms with E-state index in [4.69, 9.17) is 0 Å². The summed E-state index contributed by atoms with van der Waals surface area (Å²) in [5.74, 6) is 0.199. The molecule has 0 saturated carbocycles. The van der Waals surface area contributed by atoms with E-state index in [1.807, 2.05) is 42.7 Å². The number of rotatable bonds is 2. The van der Waals surface area contributed by atoms with Crippen LogP contribution in [0.25, 0.3) is 11.0 Å². The highest BCUT2D eigenvalue weighted by Crippen LogP contribution is 2.32. The molecule has 7 nitrogen and oxygen atoms in total. The third-order valence-electron chi connectivity index (χ3n) is 5.78. The molecule has 27 heavy (non-hydrogen) atoms. The van der Waals surface area contributed by atoms with Gasteiger partial charge in [0.15, 0.2) is 5.65 Å². The fraction of sp³-hybridized carbons (Fsp3) is 0.600. The highest BCUT2D eigenvalue weighted by molar-refractivity contribution is 5.89. The van der Waals surface area contributed by atoms with Crippen LogP contribution in [0.1, 0.15) is 51.6 Å². The van der Waals surface area contributed by atoms with Crippen molar-refractivity contribution in [2.45, 2.75) is 51.5 Å². The van der Waals surface area contributed by atoms with Crippen molar-refractivity contribution in [1.29, 1.82) is 0 Å². The van der Waals surface area contributed by atoms with Crippen molar-refractivity contribution in [1.82, 2.24) is 25.0 Å². The smallest absolute Gasteiger partial charge is 0.228 e. The van der Waals surface area contributed by atoms with E-state index in [9.17, 15) is 9.59 Å². The number of nitrogens with one attached hydrogen (secondary N) is 1. The van der Waals surface area contributed by atoms with E-state index in [1.54, 1.807) is 6.20 Å². The van der Waals surface area contributed by atoms with Crippen LogP contribution in [0.5, 0.6) is 0 Å². The molecule has 0 spiro atoms. The van der Waals surface area contributed by atoms with Crippen molar-refractivity contribution in [2.75, 3.05) is 19.6 Å². The van der Waals surface area contributed by atoms with Gasteiger partial charge in [-0.15, -0.1) is 0 Å². The minimum Gasteiger partial charge on any atom is -0.342 e. The van der Waals surface area contributed by atoms with Gasteiger partial charge >= 0.3 is 0 Å². The van der Waals surface area contributed by atoms with Crippen LogP contribution < -0.4 is 0 Å². The largest absolute Gasteiger partial charge is 0.342 e. The van der Waals surface area contributed by atoms with E-state index >= 15 is 0 Å². The number of hydrogen-bond acceptors (Lipinski definition) is 4. The first-order valence-electron chi connectivity index (χ1n) is 9.73. The molecule has 4 heterocycles. The molecule has 2 atom stereocenters. The molecule has 2 saturated heterocycles. The summed E-state index contributed by atoms with van der Waals surface area (Å²) in [6.07, 6.45) is 4.05. The lowest BCUT2D eigenvalue weighted by molar-refractivity contribution is -0.137. The number of nitrogens with zero attached hydrogens (tertiary/aromatic N) is 4. The molecule has 2 fully saturated rings. The molecule has 0 aliphatic carbocycles. The summed E-state index contributed by atoms with van der Waals surface area (Å²) < 4.78 is 0. The number of aromatic nitrogens is 3. The van der Waals surface area contributed by atoms with Crippen LogP contribution in [-0.4, -0.2) is 62.0 Å². The lowest BCUT2D eigenvalue weighted by atomic mass is 9.92. The topological polar surface area (TPSA) is 82.2 Å². The van der Waals surface area contributed by atoms with Gasteiger partial charge in [0.1, 0.15) is 0 Å². The predicted molar refractivity (Wildman–Crippen MR) is 102 cm³/mol. The van der Waals surface area contributed by atoms with E-state index in [2.05, 4.69) is 15.2 Å². The molecule has 144 valence electrons. The van der Waals surface area contributed by atoms with Gasteiger partial charge in [-0.1, -0.05) is 0 Å². The Morgan fingerprint density at radius 1 is 1.30 bits per heavy atom. The second-order valence-electron chi connectivity index (χ2n) is 8.71. The van der Waals surface area contributed by atoms with E-state index in [1.165, 1.54) is 0 Å². The SMILES string of the molecule is CC(C)(C)N1C[C@@H](C(=O)N2CCC[C@@H](c3[nH]nc4ncccc34)C2)CC1=O. The number of carbonyl (C=O) groups excluding carboxylic acids is 2. The van der Waals surface area contributed by atoms with Crippen LogP contribution in [0.2, 0.25) is 0 Å². The average Bonchev–Trinajstić information content (AvgIpc) is 3.24. The Balaban J connectivity index is 1.49. The Labute approximate surface area is 159 Å². The predicted octanol–water partition coefficient (Wildman–Crippen LogP) is 2.31. The number of carbonyl (C=O) groups is 2. The fourth-order valence-electron chi connectivity index (χ4n) is 4.37. The highest BCUT2D eigenvalue weighted by atomic mass is 16.2. The van der Waals surface area contributed by atoms with Crippen molar-refractivity contribution >= 4 is 22.8 Å². The Bertz CT molecular complexity index is 869. The van der Waals surface area contributed by atoms with Crippen LogP contribution in [0.4, 0.5) is 0 Å². The van der Waals surface area contributed by atoms with Crippen molar-refractivity contribution in [3.8, 4) is 0 Å². The van der Waals surface area contributed by atoms with Crippen LogP contribution in [-0.2, 0) is 9.59 Å². The maximum absolute atomic E-state index is 13.1. The molecule has 2 amide bonds. The molecule has 0 bridgehead atoms. The van der Waals surface area contributed by atoms with Crippen molar-refractivity contribution in [2.24, 2.45) is 5.92 Å². The fourth-order valence-corrected chi connectivity index (χ4v) is 4.37. The van der Waals surface area contributed by atoms with E-state index in [-0.39, 0.29) is 29.2 Å². The summed E-state index contributed by atoms with van der Waals surface area (Å²) in [7, 11) is 0. The van der Waals surface area contributed by atoms with Gasteiger partial charge in [0, 0.05) is 54.8 Å². The maximum Gasteiger partial charge on any atom is 0.228 e. The molecule has 2 aromatic rings. The number of piperidine rings is 1. The number of amides is 2. The van der Waals surface area contributed by atoms with Crippen LogP contribution >= 0.6 is 0 Å². The van der Waals surface area contributed by atoms with Crippen LogP contribution in [0.15, 0.2) is 18.3 Å². The van der Waals surface area contributed by atoms with Gasteiger partial charge in [-0.3, -0.25) is 14.7 Å². The lowest BCUT2D eigenvalue weighted by Crippen LogP contribution is -2.45. The van der Waals surface area contributed by atoms with Gasteiger partial charge in [0.2, 0.25) is 11.8 Å². The van der Waals surface area contributed by atoms with Crippen LogP contribution in [0.3, 0.4) is 0 Å². The third kappa shape index (κ3) is 3.31. The molecular formula is C20H27N5O2. The number of aromatic amines is 1. The minimum absolute atomic E-state index is 0.0834. The normalized spacial score (nSPS) is 24.0. The van der Waals surface area contributed by atoms with Gasteiger partial charge in [0.25, 0.3) is 0 Å². The van der Waals surface area contributed by atoms with Crippen LogP contribution in [0, 0.1) is 5.92 Å². The Morgan fingerprint density at radius 2 is 2.11 bits per heavy atom. The standard InChI is InChI=1S/C20H27N5O2/c1-20(2,3)25-12-14(10-16(25)26)19(27)24-9-5-6-13(11-24)17-15-7-4-8-21-18(15)23-22-17/h4,7-8,13-14H,5-6,9-12H2,1-3H3,(H,21,22,23)/t13-,14+/m1/s1. The van der Waals surface area contributed by atoms with Crippen molar-refractivity contribution < 1.29 is 9.59 Å². The monoisotopic (exact) mass is 369 g/mol. The second kappa shape index (κ2) is 6.62. The molecule has 2 aliphatic heterocycles. The quantitative estimate of drug-likeness (QED) is 0.881. The summed E-state index contributed by atoms with van der Waals surface area (Å²) in [6.45, 7) is 8.02. The summed E-state index contributed by atoms with van der Waals surface area (Å²) in [6, 6.07) is 3.94. The molecule has 0 aromatic carbocycles. The summed E-state index contributed by atoms with van der Waals surface area (Å²) in [5.41, 5.74) is 1.55.